The minimum Gasteiger partial charge on any atom is -0.392 e. The van der Waals surface area contributed by atoms with E-state index in [4.69, 9.17) is 0 Å². The van der Waals surface area contributed by atoms with E-state index >= 15 is 0 Å². The van der Waals surface area contributed by atoms with E-state index in [0.717, 1.165) is 56.7 Å². The van der Waals surface area contributed by atoms with Gasteiger partial charge in [-0.1, -0.05) is 18.2 Å². The molecule has 1 saturated heterocycles. The first-order valence-corrected chi connectivity index (χ1v) is 7.08. The van der Waals surface area contributed by atoms with Crippen LogP contribution in [0.4, 0.5) is 0 Å². The van der Waals surface area contributed by atoms with Crippen LogP contribution >= 0.6 is 0 Å². The molecular formula is C15H24N2O2. The number of hydrogen-bond acceptors (Lipinski definition) is 4. The van der Waals surface area contributed by atoms with Crippen molar-refractivity contribution in [1.82, 2.24) is 10.2 Å². The highest BCUT2D eigenvalue weighted by Crippen LogP contribution is 2.13. The van der Waals surface area contributed by atoms with Gasteiger partial charge in [0.25, 0.3) is 0 Å². The molecule has 1 aromatic rings. The van der Waals surface area contributed by atoms with Gasteiger partial charge in [0.15, 0.2) is 0 Å². The molecule has 0 aromatic heterocycles. The number of rotatable bonds is 6. The second-order valence-electron chi connectivity index (χ2n) is 5.17. The Kier molecular flexibility index (Phi) is 5.79. The van der Waals surface area contributed by atoms with Gasteiger partial charge in [-0.15, -0.1) is 0 Å². The largest absolute Gasteiger partial charge is 0.392 e. The molecule has 2 rings (SSSR count). The molecule has 19 heavy (non-hydrogen) atoms. The van der Waals surface area contributed by atoms with Gasteiger partial charge in [0, 0.05) is 26.2 Å². The van der Waals surface area contributed by atoms with Gasteiger partial charge in [0.05, 0.1) is 13.2 Å². The zero-order chi connectivity index (χ0) is 13.5. The standard InChI is InChI=1S/C15H24N2O2/c18-11-14-8-13(9-15(10-14)12-19)2-1-5-17-6-3-16-4-7-17/h8-10,16,18-19H,1-7,11-12H2. The first kappa shape index (κ1) is 14.5. The molecule has 1 heterocycles. The lowest BCUT2D eigenvalue weighted by Crippen LogP contribution is -2.43. The normalized spacial score (nSPS) is 16.7. The third-order valence-corrected chi connectivity index (χ3v) is 3.63. The summed E-state index contributed by atoms with van der Waals surface area (Å²) in [5.41, 5.74) is 3.00. The molecule has 0 amide bonds. The lowest BCUT2D eigenvalue weighted by atomic mass is 10.0. The third-order valence-electron chi connectivity index (χ3n) is 3.63. The molecule has 0 atom stereocenters. The van der Waals surface area contributed by atoms with Crippen LogP contribution in [-0.2, 0) is 19.6 Å². The summed E-state index contributed by atoms with van der Waals surface area (Å²) in [7, 11) is 0. The molecule has 4 heteroatoms. The van der Waals surface area contributed by atoms with Gasteiger partial charge in [-0.3, -0.25) is 0 Å². The average molecular weight is 264 g/mol. The van der Waals surface area contributed by atoms with Crippen LogP contribution in [0.25, 0.3) is 0 Å². The van der Waals surface area contributed by atoms with Crippen molar-refractivity contribution in [3.8, 4) is 0 Å². The number of aliphatic hydroxyl groups excluding tert-OH is 2. The number of aliphatic hydroxyl groups is 2. The van der Waals surface area contributed by atoms with Crippen molar-refractivity contribution in [3.63, 3.8) is 0 Å². The van der Waals surface area contributed by atoms with Crippen molar-refractivity contribution >= 4 is 0 Å². The monoisotopic (exact) mass is 264 g/mol. The van der Waals surface area contributed by atoms with Crippen LogP contribution in [0.2, 0.25) is 0 Å². The number of benzene rings is 1. The molecule has 0 unspecified atom stereocenters. The number of nitrogens with zero attached hydrogens (tertiary/aromatic N) is 1. The predicted molar refractivity (Wildman–Crippen MR) is 75.9 cm³/mol. The summed E-state index contributed by atoms with van der Waals surface area (Å²) in [4.78, 5) is 2.49. The van der Waals surface area contributed by atoms with Gasteiger partial charge >= 0.3 is 0 Å². The van der Waals surface area contributed by atoms with E-state index in [0.29, 0.717) is 0 Å². The van der Waals surface area contributed by atoms with Gasteiger partial charge in [0.1, 0.15) is 0 Å². The number of piperazine rings is 1. The minimum absolute atomic E-state index is 0.0403. The Morgan fingerprint density at radius 3 is 2.11 bits per heavy atom. The summed E-state index contributed by atoms with van der Waals surface area (Å²) in [5.74, 6) is 0. The van der Waals surface area contributed by atoms with E-state index in [9.17, 15) is 10.2 Å². The maximum Gasteiger partial charge on any atom is 0.0682 e. The topological polar surface area (TPSA) is 55.7 Å². The Hall–Kier alpha value is -0.940. The van der Waals surface area contributed by atoms with Crippen molar-refractivity contribution in [2.75, 3.05) is 32.7 Å². The molecule has 0 bridgehead atoms. The predicted octanol–water partition coefficient (Wildman–Crippen LogP) is 0.509. The van der Waals surface area contributed by atoms with Crippen LogP contribution in [-0.4, -0.2) is 47.8 Å². The smallest absolute Gasteiger partial charge is 0.0682 e. The highest BCUT2D eigenvalue weighted by molar-refractivity contribution is 5.29. The fourth-order valence-corrected chi connectivity index (χ4v) is 2.61. The van der Waals surface area contributed by atoms with E-state index in [1.165, 1.54) is 5.56 Å². The van der Waals surface area contributed by atoms with Crippen LogP contribution in [0.3, 0.4) is 0 Å². The zero-order valence-electron chi connectivity index (χ0n) is 11.4. The number of hydrogen-bond donors (Lipinski definition) is 3. The lowest BCUT2D eigenvalue weighted by Gasteiger charge is -2.27. The van der Waals surface area contributed by atoms with Gasteiger partial charge in [0.2, 0.25) is 0 Å². The second-order valence-corrected chi connectivity index (χ2v) is 5.17. The Labute approximate surface area is 115 Å². The van der Waals surface area contributed by atoms with E-state index in [-0.39, 0.29) is 13.2 Å². The second kappa shape index (κ2) is 7.60. The molecule has 1 fully saturated rings. The molecule has 106 valence electrons. The lowest BCUT2D eigenvalue weighted by molar-refractivity contribution is 0.238. The summed E-state index contributed by atoms with van der Waals surface area (Å²) in [6.45, 7) is 5.66. The van der Waals surface area contributed by atoms with Crippen molar-refractivity contribution in [3.05, 3.63) is 34.9 Å². The molecule has 0 spiro atoms. The van der Waals surface area contributed by atoms with E-state index < -0.39 is 0 Å². The number of aryl methyl sites for hydroxylation is 1. The molecule has 4 nitrogen and oxygen atoms in total. The van der Waals surface area contributed by atoms with E-state index in [1.54, 1.807) is 0 Å². The van der Waals surface area contributed by atoms with Crippen LogP contribution in [0.1, 0.15) is 23.1 Å². The third kappa shape index (κ3) is 4.58. The van der Waals surface area contributed by atoms with Crippen LogP contribution in [0.5, 0.6) is 0 Å². The Balaban J connectivity index is 1.84. The molecule has 3 N–H and O–H groups in total. The van der Waals surface area contributed by atoms with Gasteiger partial charge in [-0.2, -0.15) is 0 Å². The summed E-state index contributed by atoms with van der Waals surface area (Å²) in [6.07, 6.45) is 2.13. The molecular weight excluding hydrogens is 240 g/mol. The molecule has 1 aromatic carbocycles. The van der Waals surface area contributed by atoms with Crippen LogP contribution in [0, 0.1) is 0 Å². The molecule has 0 saturated carbocycles. The van der Waals surface area contributed by atoms with Gasteiger partial charge in [-0.25, -0.2) is 0 Å². The van der Waals surface area contributed by atoms with Crippen LogP contribution in [0.15, 0.2) is 18.2 Å². The molecule has 1 aliphatic rings. The van der Waals surface area contributed by atoms with Crippen LogP contribution < -0.4 is 5.32 Å². The summed E-state index contributed by atoms with van der Waals surface area (Å²) < 4.78 is 0. The maximum atomic E-state index is 9.21. The first-order chi connectivity index (χ1) is 9.31. The fraction of sp³-hybridized carbons (Fsp3) is 0.600. The highest BCUT2D eigenvalue weighted by Gasteiger charge is 2.08. The Morgan fingerprint density at radius 1 is 0.947 bits per heavy atom. The van der Waals surface area contributed by atoms with Gasteiger partial charge in [-0.05, 0) is 36.1 Å². The number of nitrogens with one attached hydrogen (secondary N) is 1. The zero-order valence-corrected chi connectivity index (χ0v) is 11.4. The molecule has 0 aliphatic carbocycles. The van der Waals surface area contributed by atoms with Crippen molar-refractivity contribution in [2.24, 2.45) is 0 Å². The van der Waals surface area contributed by atoms with Crippen molar-refractivity contribution in [1.29, 1.82) is 0 Å². The highest BCUT2D eigenvalue weighted by atomic mass is 16.3. The Morgan fingerprint density at radius 2 is 1.53 bits per heavy atom. The average Bonchev–Trinajstić information content (AvgIpc) is 2.48. The van der Waals surface area contributed by atoms with E-state index in [1.807, 2.05) is 18.2 Å². The Bertz CT molecular complexity index is 367. The quantitative estimate of drug-likeness (QED) is 0.701. The first-order valence-electron chi connectivity index (χ1n) is 7.08. The van der Waals surface area contributed by atoms with Crippen molar-refractivity contribution in [2.45, 2.75) is 26.1 Å². The molecule has 0 radical (unpaired) electrons. The fourth-order valence-electron chi connectivity index (χ4n) is 2.61. The summed E-state index contributed by atoms with van der Waals surface area (Å²) in [5, 5.41) is 21.8. The van der Waals surface area contributed by atoms with Gasteiger partial charge < -0.3 is 20.4 Å². The molecule has 1 aliphatic heterocycles. The van der Waals surface area contributed by atoms with Crippen molar-refractivity contribution < 1.29 is 10.2 Å². The summed E-state index contributed by atoms with van der Waals surface area (Å²) >= 11 is 0. The summed E-state index contributed by atoms with van der Waals surface area (Å²) in [6, 6.07) is 5.94. The SMILES string of the molecule is OCc1cc(CO)cc(CCCN2CCNCC2)c1. The van der Waals surface area contributed by atoms with E-state index in [2.05, 4.69) is 10.2 Å². The maximum absolute atomic E-state index is 9.21. The minimum atomic E-state index is 0.0403.